The number of rotatable bonds is 4. The first-order valence-electron chi connectivity index (χ1n) is 7.74. The molecule has 1 aliphatic rings. The van der Waals surface area contributed by atoms with Gasteiger partial charge in [0.25, 0.3) is 5.69 Å². The molecule has 26 heavy (non-hydrogen) atoms. The monoisotopic (exact) mass is 417 g/mol. The summed E-state index contributed by atoms with van der Waals surface area (Å²) in [7, 11) is -3.75. The molecule has 1 N–H and O–H groups in total. The summed E-state index contributed by atoms with van der Waals surface area (Å²) in [5, 5.41) is 11.5. The average molecular weight is 418 g/mol. The highest BCUT2D eigenvalue weighted by Gasteiger charge is 2.32. The summed E-state index contributed by atoms with van der Waals surface area (Å²) in [4.78, 5) is 11.3. The van der Waals surface area contributed by atoms with Gasteiger partial charge in [-0.25, -0.2) is 8.42 Å². The fourth-order valence-corrected chi connectivity index (χ4v) is 4.67. The predicted octanol–water partition coefficient (Wildman–Crippen LogP) is -1.53. The van der Waals surface area contributed by atoms with E-state index in [0.717, 1.165) is 16.7 Å². The lowest BCUT2D eigenvalue weighted by molar-refractivity contribution is -0.837. The maximum absolute atomic E-state index is 12.7. The normalized spacial score (nSPS) is 16.0. The first kappa shape index (κ1) is 20.6. The van der Waals surface area contributed by atoms with Crippen LogP contribution in [-0.2, 0) is 10.0 Å². The second-order valence-corrected chi connectivity index (χ2v) is 8.09. The van der Waals surface area contributed by atoms with Crippen LogP contribution >= 0.6 is 11.6 Å². The number of nitrogens with zero attached hydrogens (tertiary/aromatic N) is 2. The Labute approximate surface area is 162 Å². The van der Waals surface area contributed by atoms with E-state index in [2.05, 4.69) is 0 Å². The molecule has 0 radical (unpaired) electrons. The quantitative estimate of drug-likeness (QED) is 0.483. The number of piperazine rings is 1. The van der Waals surface area contributed by atoms with Crippen molar-refractivity contribution < 1.29 is 30.6 Å². The minimum Gasteiger partial charge on any atom is -1.00 e. The second kappa shape index (κ2) is 8.32. The Balaban J connectivity index is 0.00000243. The maximum Gasteiger partial charge on any atom is 0.270 e. The number of hydrogen-bond acceptors (Lipinski definition) is 4. The lowest BCUT2D eigenvalue weighted by Gasteiger charge is -2.31. The van der Waals surface area contributed by atoms with E-state index in [4.69, 9.17) is 11.6 Å². The number of sulfonamides is 1. The number of quaternary nitrogens is 1. The van der Waals surface area contributed by atoms with Crippen molar-refractivity contribution in [3.05, 3.63) is 63.7 Å². The third-order valence-electron chi connectivity index (χ3n) is 4.25. The molecular formula is C16H17Cl2N3O4S. The molecule has 1 saturated heterocycles. The zero-order valence-electron chi connectivity index (χ0n) is 13.6. The van der Waals surface area contributed by atoms with E-state index in [9.17, 15) is 18.5 Å². The number of para-hydroxylation sites is 1. The standard InChI is InChI=1S/C16H16ClN3O4S.ClH/c17-15-6-1-2-7-16(15)18-8-10-19(11-9-18)25(23,24)14-5-3-4-13(12-14)20(21)22;/h1-7,12H,8-11H2;1H. The van der Waals surface area contributed by atoms with Gasteiger partial charge in [-0.2, -0.15) is 4.31 Å². The highest BCUT2D eigenvalue weighted by Crippen LogP contribution is 2.22. The van der Waals surface area contributed by atoms with E-state index in [0.29, 0.717) is 31.2 Å². The largest absolute Gasteiger partial charge is 1.00 e. The van der Waals surface area contributed by atoms with Crippen LogP contribution in [0.3, 0.4) is 0 Å². The summed E-state index contributed by atoms with van der Waals surface area (Å²) >= 11 is 6.21. The van der Waals surface area contributed by atoms with Gasteiger partial charge in [0, 0.05) is 18.2 Å². The van der Waals surface area contributed by atoms with Gasteiger partial charge in [0.1, 0.15) is 10.7 Å². The van der Waals surface area contributed by atoms with Crippen LogP contribution < -0.4 is 17.3 Å². The highest BCUT2D eigenvalue weighted by molar-refractivity contribution is 7.89. The van der Waals surface area contributed by atoms with Gasteiger partial charge in [-0.05, 0) is 12.1 Å². The molecule has 10 heteroatoms. The van der Waals surface area contributed by atoms with Crippen molar-refractivity contribution in [1.29, 1.82) is 0 Å². The number of halogens is 2. The van der Waals surface area contributed by atoms with Gasteiger partial charge in [0.2, 0.25) is 10.0 Å². The minimum absolute atomic E-state index is 0. The van der Waals surface area contributed by atoms with Gasteiger partial charge in [-0.15, -0.1) is 0 Å². The molecule has 0 saturated carbocycles. The molecule has 1 fully saturated rings. The van der Waals surface area contributed by atoms with Gasteiger partial charge < -0.3 is 12.4 Å². The highest BCUT2D eigenvalue weighted by atomic mass is 35.5. The first-order chi connectivity index (χ1) is 11.9. The van der Waals surface area contributed by atoms with E-state index < -0.39 is 14.9 Å². The number of non-ortho nitro benzene ring substituents is 1. The molecule has 0 spiro atoms. The van der Waals surface area contributed by atoms with Crippen molar-refractivity contribution in [3.63, 3.8) is 0 Å². The van der Waals surface area contributed by atoms with Crippen molar-refractivity contribution in [2.75, 3.05) is 26.2 Å². The molecule has 140 valence electrons. The van der Waals surface area contributed by atoms with Gasteiger partial charge in [-0.1, -0.05) is 29.8 Å². The summed E-state index contributed by atoms with van der Waals surface area (Å²) in [6, 6.07) is 12.7. The Morgan fingerprint density at radius 2 is 1.73 bits per heavy atom. The maximum atomic E-state index is 12.7. The van der Waals surface area contributed by atoms with Crippen LogP contribution in [0.2, 0.25) is 5.02 Å². The average Bonchev–Trinajstić information content (AvgIpc) is 2.62. The van der Waals surface area contributed by atoms with E-state index in [1.165, 1.54) is 22.5 Å². The fourth-order valence-electron chi connectivity index (χ4n) is 2.92. The molecule has 0 amide bonds. The fraction of sp³-hybridized carbons (Fsp3) is 0.250. The number of benzene rings is 2. The van der Waals surface area contributed by atoms with E-state index in [1.54, 1.807) is 0 Å². The van der Waals surface area contributed by atoms with Crippen molar-refractivity contribution in [2.24, 2.45) is 0 Å². The number of nitrogens with one attached hydrogen (secondary N) is 1. The summed E-state index contributed by atoms with van der Waals surface area (Å²) < 4.78 is 26.8. The van der Waals surface area contributed by atoms with Crippen molar-refractivity contribution in [1.82, 2.24) is 4.31 Å². The lowest BCUT2D eigenvalue weighted by Crippen LogP contribution is -3.10. The summed E-state index contributed by atoms with van der Waals surface area (Å²) in [5.41, 5.74) is 0.720. The lowest BCUT2D eigenvalue weighted by atomic mass is 10.2. The zero-order valence-corrected chi connectivity index (χ0v) is 16.0. The molecule has 0 aromatic heterocycles. The Kier molecular flexibility index (Phi) is 6.59. The Morgan fingerprint density at radius 3 is 2.35 bits per heavy atom. The smallest absolute Gasteiger partial charge is 0.270 e. The van der Waals surface area contributed by atoms with E-state index in [-0.39, 0.29) is 23.0 Å². The van der Waals surface area contributed by atoms with Gasteiger partial charge in [0.15, 0.2) is 0 Å². The van der Waals surface area contributed by atoms with Crippen LogP contribution in [0.15, 0.2) is 53.4 Å². The summed E-state index contributed by atoms with van der Waals surface area (Å²) in [6.07, 6.45) is 0. The molecule has 2 aromatic rings. The molecule has 1 aliphatic heterocycles. The zero-order chi connectivity index (χ0) is 18.0. The Bertz CT molecular complexity index is 900. The second-order valence-electron chi connectivity index (χ2n) is 5.74. The molecule has 2 aromatic carbocycles. The molecule has 7 nitrogen and oxygen atoms in total. The molecule has 0 bridgehead atoms. The van der Waals surface area contributed by atoms with Crippen LogP contribution in [0.5, 0.6) is 0 Å². The summed E-state index contributed by atoms with van der Waals surface area (Å²) in [5.74, 6) is 0. The third-order valence-corrected chi connectivity index (χ3v) is 6.47. The van der Waals surface area contributed by atoms with Gasteiger partial charge in [0.05, 0.1) is 36.0 Å². The molecular weight excluding hydrogens is 401 g/mol. The number of nitro benzene ring substituents is 1. The summed E-state index contributed by atoms with van der Waals surface area (Å²) in [6.45, 7) is 1.81. The Hall–Kier alpha value is -1.71. The minimum atomic E-state index is -3.75. The van der Waals surface area contributed by atoms with Crippen LogP contribution in [0, 0.1) is 10.1 Å². The van der Waals surface area contributed by atoms with E-state index >= 15 is 0 Å². The number of nitro groups is 1. The number of hydrogen-bond donors (Lipinski definition) is 1. The molecule has 0 aliphatic carbocycles. The molecule has 1 heterocycles. The van der Waals surface area contributed by atoms with Crippen molar-refractivity contribution >= 4 is 33.0 Å². The Morgan fingerprint density at radius 1 is 1.08 bits per heavy atom. The molecule has 0 unspecified atom stereocenters. The third kappa shape index (κ3) is 4.16. The van der Waals surface area contributed by atoms with Crippen LogP contribution in [0.25, 0.3) is 0 Å². The predicted molar refractivity (Wildman–Crippen MR) is 93.7 cm³/mol. The van der Waals surface area contributed by atoms with Crippen LogP contribution in [0.1, 0.15) is 0 Å². The SMILES string of the molecule is O=[N+]([O-])c1cccc(S(=O)(=O)N2CC[NH+](c3ccccc3Cl)CC2)c1.[Cl-]. The van der Waals surface area contributed by atoms with Gasteiger partial charge in [-0.3, -0.25) is 15.0 Å². The van der Waals surface area contributed by atoms with Gasteiger partial charge >= 0.3 is 0 Å². The van der Waals surface area contributed by atoms with Crippen LogP contribution in [0.4, 0.5) is 11.4 Å². The first-order valence-corrected chi connectivity index (χ1v) is 9.55. The van der Waals surface area contributed by atoms with Crippen LogP contribution in [-0.4, -0.2) is 43.8 Å². The van der Waals surface area contributed by atoms with Crippen molar-refractivity contribution in [3.8, 4) is 0 Å². The topological polar surface area (TPSA) is 85.0 Å². The molecule has 0 atom stereocenters. The van der Waals surface area contributed by atoms with Crippen molar-refractivity contribution in [2.45, 2.75) is 4.90 Å². The molecule has 3 rings (SSSR count). The van der Waals surface area contributed by atoms with E-state index in [1.807, 2.05) is 24.3 Å².